The lowest BCUT2D eigenvalue weighted by Crippen LogP contribution is -2.24. The Labute approximate surface area is 224 Å². The molecule has 0 aliphatic rings. The predicted octanol–water partition coefficient (Wildman–Crippen LogP) is 7.46. The maximum absolute atomic E-state index is 11.1. The van der Waals surface area contributed by atoms with E-state index in [9.17, 15) is 9.59 Å². The Hall–Kier alpha value is -1.52. The van der Waals surface area contributed by atoms with Gasteiger partial charge >= 0.3 is 11.9 Å². The minimum atomic E-state index is -1.52. The van der Waals surface area contributed by atoms with Crippen LogP contribution in [0.5, 0.6) is 0 Å². The van der Waals surface area contributed by atoms with E-state index in [1.54, 1.807) is 13.8 Å². The zero-order valence-corrected chi connectivity index (χ0v) is 16.4. The van der Waals surface area contributed by atoms with Crippen LogP contribution >= 0.6 is 0 Å². The van der Waals surface area contributed by atoms with Gasteiger partial charge in [-0.2, -0.15) is 0 Å². The molecule has 0 fully saturated rings. The van der Waals surface area contributed by atoms with Crippen molar-refractivity contribution < 1.29 is 37.7 Å². The predicted molar refractivity (Wildman–Crippen MR) is 161 cm³/mol. The Bertz CT molecular complexity index is 443. The van der Waals surface area contributed by atoms with Crippen molar-refractivity contribution in [3.05, 3.63) is 24.3 Å². The molecule has 0 aromatic heterocycles. The normalized spacial score (nSPS) is 8.31. The zero-order valence-electron chi connectivity index (χ0n) is 15.2. The molecule has 0 radical (unpaired) electrons. The largest absolute Gasteiger partial charge is 0.460 e. The number of hydrogen-bond acceptors (Lipinski definition) is 8. The van der Waals surface area contributed by atoms with Crippen LogP contribution in [0.25, 0.3) is 0 Å². The summed E-state index contributed by atoms with van der Waals surface area (Å²) in [5.41, 5.74) is 0.704. The number of hydrogen-bond donors (Lipinski definition) is 0. The van der Waals surface area contributed by atoms with Crippen LogP contribution in [0.2, 0.25) is 6.55 Å². The van der Waals surface area contributed by atoms with Gasteiger partial charge in [0.25, 0.3) is 0 Å². The second kappa shape index (κ2) is 45.9. The SMILES string of the molecule is C.C.C.C.C.C.C.C.C.C.C=C(C)C(=O)OCCOCOC[SiH](C)OCOCCOC(=O)C(=C)C. The van der Waals surface area contributed by atoms with E-state index in [0.717, 1.165) is 0 Å². The topological polar surface area (TPSA) is 89.5 Å². The lowest BCUT2D eigenvalue weighted by molar-refractivity contribution is -0.142. The molecule has 0 aliphatic heterocycles. The van der Waals surface area contributed by atoms with Gasteiger partial charge in [0.05, 0.1) is 19.4 Å². The van der Waals surface area contributed by atoms with Crippen LogP contribution in [0.3, 0.4) is 0 Å². The van der Waals surface area contributed by atoms with Crippen LogP contribution in [-0.4, -0.2) is 67.2 Å². The van der Waals surface area contributed by atoms with E-state index in [1.807, 2.05) is 6.55 Å². The number of carbonyl (C=O) groups is 2. The molecular formula is C26H68O8Si. The highest BCUT2D eigenvalue weighted by Gasteiger charge is 2.06. The van der Waals surface area contributed by atoms with E-state index < -0.39 is 21.0 Å². The van der Waals surface area contributed by atoms with E-state index in [2.05, 4.69) is 13.2 Å². The summed E-state index contributed by atoms with van der Waals surface area (Å²) in [5, 5.41) is 0. The second-order valence-corrected chi connectivity index (χ2v) is 7.52. The maximum Gasteiger partial charge on any atom is 0.333 e. The van der Waals surface area contributed by atoms with Gasteiger partial charge in [0.15, 0.2) is 0 Å². The van der Waals surface area contributed by atoms with Crippen molar-refractivity contribution >= 4 is 21.0 Å². The molecule has 224 valence electrons. The third kappa shape index (κ3) is 46.5. The molecule has 35 heavy (non-hydrogen) atoms. The van der Waals surface area contributed by atoms with Crippen LogP contribution in [0, 0.1) is 0 Å². The third-order valence-electron chi connectivity index (χ3n) is 2.57. The molecule has 0 bridgehead atoms. The lowest BCUT2D eigenvalue weighted by Gasteiger charge is -2.13. The second-order valence-electron chi connectivity index (χ2n) is 5.23. The standard InChI is InChI=1S/C16H28O8Si.10CH4/c1-13(2)15(17)22-8-6-19-10-21-12-25(5)24-11-20-7-9-23-16(18)14(3)4;;;;;;;;;;/h25H,1,3,6-12H2,2,4-5H3;10*1H4. The highest BCUT2D eigenvalue weighted by Crippen LogP contribution is 1.94. The molecule has 0 aromatic carbocycles. The average Bonchev–Trinajstić information content (AvgIpc) is 2.56. The highest BCUT2D eigenvalue weighted by atomic mass is 28.3. The van der Waals surface area contributed by atoms with Crippen LogP contribution in [0.15, 0.2) is 24.3 Å². The number of carbonyl (C=O) groups excluding carboxylic acids is 2. The van der Waals surface area contributed by atoms with Gasteiger partial charge in [0.2, 0.25) is 9.04 Å². The maximum atomic E-state index is 11.1. The van der Waals surface area contributed by atoms with E-state index in [4.69, 9.17) is 28.1 Å². The Balaban J connectivity index is -0.0000000640. The molecule has 1 atom stereocenters. The molecule has 0 spiro atoms. The monoisotopic (exact) mass is 536 g/mol. The number of esters is 2. The molecule has 0 aromatic rings. The van der Waals surface area contributed by atoms with Crippen molar-refractivity contribution in [2.45, 2.75) is 94.7 Å². The van der Waals surface area contributed by atoms with Crippen molar-refractivity contribution in [2.24, 2.45) is 0 Å². The number of rotatable bonds is 15. The van der Waals surface area contributed by atoms with Gasteiger partial charge in [-0.15, -0.1) is 0 Å². The summed E-state index contributed by atoms with van der Waals surface area (Å²) in [6, 6.07) is 0. The molecule has 9 heteroatoms. The fourth-order valence-electron chi connectivity index (χ4n) is 1.24. The first-order chi connectivity index (χ1) is 11.8. The first kappa shape index (κ1) is 69.9. The van der Waals surface area contributed by atoms with Gasteiger partial charge in [0.1, 0.15) is 26.8 Å². The van der Waals surface area contributed by atoms with Gasteiger partial charge in [-0.1, -0.05) is 87.4 Å². The molecule has 0 amide bonds. The van der Waals surface area contributed by atoms with Crippen LogP contribution < -0.4 is 0 Å². The van der Waals surface area contributed by atoms with Crippen molar-refractivity contribution in [2.75, 3.05) is 46.2 Å². The van der Waals surface area contributed by atoms with Crippen LogP contribution in [0.4, 0.5) is 0 Å². The van der Waals surface area contributed by atoms with Crippen molar-refractivity contribution in [3.63, 3.8) is 0 Å². The Morgan fingerprint density at radius 1 is 0.600 bits per heavy atom. The molecule has 0 N–H and O–H groups in total. The first-order valence-corrected chi connectivity index (χ1v) is 10.3. The lowest BCUT2D eigenvalue weighted by atomic mass is 10.4. The summed E-state index contributed by atoms with van der Waals surface area (Å²) in [7, 11) is -1.52. The summed E-state index contributed by atoms with van der Waals surface area (Å²) in [4.78, 5) is 22.2. The minimum absolute atomic E-state index is 0. The summed E-state index contributed by atoms with van der Waals surface area (Å²) in [5.74, 6) is -0.872. The first-order valence-electron chi connectivity index (χ1n) is 7.84. The van der Waals surface area contributed by atoms with Gasteiger partial charge < -0.3 is 28.1 Å². The Kier molecular flexibility index (Phi) is 91.7. The molecule has 0 heterocycles. The summed E-state index contributed by atoms with van der Waals surface area (Å²) in [6.45, 7) is 13.1. The molecule has 0 saturated heterocycles. The van der Waals surface area contributed by atoms with Crippen molar-refractivity contribution in [3.8, 4) is 0 Å². The van der Waals surface area contributed by atoms with Crippen LogP contribution in [-0.2, 0) is 37.7 Å². The third-order valence-corrected chi connectivity index (χ3v) is 3.98. The molecule has 0 saturated carbocycles. The van der Waals surface area contributed by atoms with E-state index in [-0.39, 0.29) is 114 Å². The van der Waals surface area contributed by atoms with E-state index >= 15 is 0 Å². The number of ether oxygens (including phenoxy) is 5. The van der Waals surface area contributed by atoms with Gasteiger partial charge in [-0.05, 0) is 20.4 Å². The zero-order chi connectivity index (χ0) is 19.1. The molecule has 0 rings (SSSR count). The molecule has 8 nitrogen and oxygen atoms in total. The Morgan fingerprint density at radius 3 is 1.29 bits per heavy atom. The summed E-state index contributed by atoms with van der Waals surface area (Å²) < 4.78 is 30.9. The van der Waals surface area contributed by atoms with Crippen molar-refractivity contribution in [1.29, 1.82) is 0 Å². The molecule has 0 aliphatic carbocycles. The fraction of sp³-hybridized carbons (Fsp3) is 0.769. The van der Waals surface area contributed by atoms with Crippen LogP contribution in [0.1, 0.15) is 88.1 Å². The fourth-order valence-corrected chi connectivity index (χ4v) is 2.09. The average molecular weight is 537 g/mol. The Morgan fingerprint density at radius 2 is 0.943 bits per heavy atom. The van der Waals surface area contributed by atoms with Gasteiger partial charge in [-0.3, -0.25) is 0 Å². The summed E-state index contributed by atoms with van der Waals surface area (Å²) in [6.07, 6.45) is 0.458. The quantitative estimate of drug-likeness (QED) is 0.0700. The van der Waals surface area contributed by atoms with Crippen molar-refractivity contribution in [1.82, 2.24) is 0 Å². The molecule has 1 unspecified atom stereocenters. The van der Waals surface area contributed by atoms with Gasteiger partial charge in [0, 0.05) is 11.1 Å². The van der Waals surface area contributed by atoms with Gasteiger partial charge in [-0.25, -0.2) is 9.59 Å². The van der Waals surface area contributed by atoms with E-state index in [1.165, 1.54) is 0 Å². The van der Waals surface area contributed by atoms with E-state index in [0.29, 0.717) is 17.4 Å². The smallest absolute Gasteiger partial charge is 0.333 e. The summed E-state index contributed by atoms with van der Waals surface area (Å²) >= 11 is 0. The highest BCUT2D eigenvalue weighted by molar-refractivity contribution is 6.49. The minimum Gasteiger partial charge on any atom is -0.460 e. The molecular weight excluding hydrogens is 468 g/mol.